The van der Waals surface area contributed by atoms with Crippen LogP contribution in [0.25, 0.3) is 0 Å². The summed E-state index contributed by atoms with van der Waals surface area (Å²) in [7, 11) is 0. The summed E-state index contributed by atoms with van der Waals surface area (Å²) in [6.07, 6.45) is 1.19. The molecular weight excluding hydrogens is 109 g/mol. The van der Waals surface area contributed by atoms with Crippen molar-refractivity contribution >= 4 is 0 Å². The average Bonchev–Trinajstić information content (AvgIpc) is 1.77. The first kappa shape index (κ1) is 5.03. The van der Waals surface area contributed by atoms with E-state index in [2.05, 4.69) is 11.1 Å². The van der Waals surface area contributed by atoms with Gasteiger partial charge in [-0.2, -0.15) is 0 Å². The van der Waals surface area contributed by atoms with Crippen LogP contribution >= 0.6 is 0 Å². The summed E-state index contributed by atoms with van der Waals surface area (Å²) in [5.41, 5.74) is 0. The molecule has 0 aromatic carbocycles. The highest BCUT2D eigenvalue weighted by Gasteiger charge is 1.94. The number of aromatic hydroxyl groups is 1. The van der Waals surface area contributed by atoms with Gasteiger partial charge in [0.2, 0.25) is 5.88 Å². The first-order valence-electron chi connectivity index (χ1n) is 2.01. The van der Waals surface area contributed by atoms with E-state index in [-0.39, 0.29) is 0 Å². The van der Waals surface area contributed by atoms with Gasteiger partial charge in [-0.3, -0.25) is 0 Å². The number of pyridine rings is 1. The summed E-state index contributed by atoms with van der Waals surface area (Å²) in [5, 5.41) is 8.41. The van der Waals surface area contributed by atoms with E-state index in [0.717, 1.165) is 6.07 Å². The van der Waals surface area contributed by atoms with E-state index in [0.29, 0.717) is 0 Å². The molecule has 1 rings (SSSR count). The second-order valence-corrected chi connectivity index (χ2v) is 1.24. The lowest BCUT2D eigenvalue weighted by Crippen LogP contribution is -1.76. The summed E-state index contributed by atoms with van der Waals surface area (Å²) in [5.74, 6) is -1.32. The fourth-order valence-electron chi connectivity index (χ4n) is 0.335. The van der Waals surface area contributed by atoms with Crippen LogP contribution in [0.1, 0.15) is 0 Å². The van der Waals surface area contributed by atoms with Crippen molar-refractivity contribution in [2.75, 3.05) is 0 Å². The second-order valence-electron chi connectivity index (χ2n) is 1.24. The van der Waals surface area contributed by atoms with Gasteiger partial charge in [-0.1, -0.05) is 0 Å². The number of aromatic nitrogens is 1. The van der Waals surface area contributed by atoms with Gasteiger partial charge in [0.25, 0.3) is 0 Å². The molecule has 2 nitrogen and oxygen atoms in total. The van der Waals surface area contributed by atoms with E-state index in [1.165, 1.54) is 6.20 Å². The van der Waals surface area contributed by atoms with Crippen LogP contribution in [0.3, 0.4) is 0 Å². The predicted molar refractivity (Wildman–Crippen MR) is 24.7 cm³/mol. The Labute approximate surface area is 45.6 Å². The molecule has 0 atom stereocenters. The molecule has 0 spiro atoms. The summed E-state index contributed by atoms with van der Waals surface area (Å²) in [4.78, 5) is 3.20. The number of hydrogen-bond acceptors (Lipinski definition) is 2. The van der Waals surface area contributed by atoms with Crippen molar-refractivity contribution in [1.29, 1.82) is 0 Å². The molecule has 0 unspecified atom stereocenters. The topological polar surface area (TPSA) is 33.1 Å². The van der Waals surface area contributed by atoms with Gasteiger partial charge in [0.1, 0.15) is 0 Å². The predicted octanol–water partition coefficient (Wildman–Crippen LogP) is 0.726. The smallest absolute Gasteiger partial charge is 0.247 e. The Morgan fingerprint density at radius 1 is 1.75 bits per heavy atom. The Morgan fingerprint density at radius 2 is 2.50 bits per heavy atom. The van der Waals surface area contributed by atoms with Crippen LogP contribution in [0.15, 0.2) is 12.3 Å². The Bertz CT molecular complexity index is 169. The van der Waals surface area contributed by atoms with Crippen LogP contribution in [0.5, 0.6) is 5.88 Å². The normalized spacial score (nSPS) is 9.12. The molecule has 3 heteroatoms. The van der Waals surface area contributed by atoms with Crippen LogP contribution in [-0.2, 0) is 0 Å². The maximum absolute atomic E-state index is 12.0. The van der Waals surface area contributed by atoms with Gasteiger partial charge in [-0.05, 0) is 6.07 Å². The zero-order valence-electron chi connectivity index (χ0n) is 3.93. The Hall–Kier alpha value is -1.12. The highest BCUT2D eigenvalue weighted by Crippen LogP contribution is 2.06. The van der Waals surface area contributed by atoms with Gasteiger partial charge in [-0.25, -0.2) is 9.37 Å². The molecule has 0 saturated carbocycles. The number of hydrogen-bond donors (Lipinski definition) is 1. The van der Waals surface area contributed by atoms with Crippen molar-refractivity contribution in [3.8, 4) is 5.88 Å². The standard InChI is InChI=1S/C5H3FNO/c6-4-2-1-3-7-5(4)8/h2-3H,(H,7,8). The van der Waals surface area contributed by atoms with E-state index >= 15 is 0 Å². The van der Waals surface area contributed by atoms with Gasteiger partial charge in [-0.15, -0.1) is 0 Å². The van der Waals surface area contributed by atoms with Gasteiger partial charge >= 0.3 is 0 Å². The van der Waals surface area contributed by atoms with Crippen LogP contribution in [0.2, 0.25) is 0 Å². The van der Waals surface area contributed by atoms with Crippen molar-refractivity contribution in [3.05, 3.63) is 24.1 Å². The Morgan fingerprint density at radius 3 is 2.88 bits per heavy atom. The molecule has 1 aromatic rings. The molecule has 0 saturated heterocycles. The summed E-state index contributed by atoms with van der Waals surface area (Å²) in [6.45, 7) is 0. The molecule has 0 aliphatic rings. The van der Waals surface area contributed by atoms with E-state index in [9.17, 15) is 4.39 Å². The van der Waals surface area contributed by atoms with Crippen molar-refractivity contribution in [2.24, 2.45) is 0 Å². The lowest BCUT2D eigenvalue weighted by atomic mass is 10.5. The van der Waals surface area contributed by atoms with E-state index in [4.69, 9.17) is 5.11 Å². The number of halogens is 1. The van der Waals surface area contributed by atoms with Crippen molar-refractivity contribution in [2.45, 2.75) is 0 Å². The lowest BCUT2D eigenvalue weighted by Gasteiger charge is -1.86. The zero-order chi connectivity index (χ0) is 5.98. The minimum atomic E-state index is -0.743. The number of nitrogens with zero attached hydrogens (tertiary/aromatic N) is 1. The minimum absolute atomic E-state index is 0.580. The van der Waals surface area contributed by atoms with Gasteiger partial charge in [0.15, 0.2) is 5.82 Å². The fourth-order valence-corrected chi connectivity index (χ4v) is 0.335. The van der Waals surface area contributed by atoms with E-state index in [1.807, 2.05) is 0 Å². The molecule has 1 aromatic heterocycles. The van der Waals surface area contributed by atoms with E-state index < -0.39 is 11.7 Å². The van der Waals surface area contributed by atoms with Crippen molar-refractivity contribution < 1.29 is 9.50 Å². The minimum Gasteiger partial charge on any atom is -0.491 e. The molecule has 0 amide bonds. The molecule has 8 heavy (non-hydrogen) atoms. The van der Waals surface area contributed by atoms with Crippen molar-refractivity contribution in [1.82, 2.24) is 4.98 Å². The Balaban J connectivity index is 3.13. The fraction of sp³-hybridized carbons (Fsp3) is 0. The third-order valence-corrected chi connectivity index (χ3v) is 0.685. The molecule has 1 radical (unpaired) electrons. The zero-order valence-corrected chi connectivity index (χ0v) is 3.93. The van der Waals surface area contributed by atoms with Gasteiger partial charge < -0.3 is 5.11 Å². The van der Waals surface area contributed by atoms with Crippen LogP contribution in [0, 0.1) is 11.9 Å². The average molecular weight is 112 g/mol. The summed E-state index contributed by atoms with van der Waals surface area (Å²) < 4.78 is 12.0. The van der Waals surface area contributed by atoms with Gasteiger partial charge in [0, 0.05) is 12.3 Å². The van der Waals surface area contributed by atoms with Crippen molar-refractivity contribution in [3.63, 3.8) is 0 Å². The summed E-state index contributed by atoms with van der Waals surface area (Å²) >= 11 is 0. The quantitative estimate of drug-likeness (QED) is 0.536. The van der Waals surface area contributed by atoms with Crippen LogP contribution in [-0.4, -0.2) is 10.1 Å². The molecule has 0 aliphatic carbocycles. The highest BCUT2D eigenvalue weighted by atomic mass is 19.1. The van der Waals surface area contributed by atoms with E-state index in [1.54, 1.807) is 0 Å². The number of rotatable bonds is 0. The third kappa shape index (κ3) is 0.753. The largest absolute Gasteiger partial charge is 0.491 e. The second kappa shape index (κ2) is 1.78. The first-order valence-corrected chi connectivity index (χ1v) is 2.01. The van der Waals surface area contributed by atoms with Crippen LogP contribution < -0.4 is 0 Å². The molecule has 1 heterocycles. The molecule has 0 fully saturated rings. The molecular formula is C5H3FNO. The maximum atomic E-state index is 12.0. The van der Waals surface area contributed by atoms with Gasteiger partial charge in [0.05, 0.1) is 0 Å². The molecule has 0 bridgehead atoms. The molecule has 0 aliphatic heterocycles. The monoisotopic (exact) mass is 112 g/mol. The SMILES string of the molecule is Oc1nc[c]cc1F. The summed E-state index contributed by atoms with van der Waals surface area (Å²) in [6, 6.07) is 3.37. The lowest BCUT2D eigenvalue weighted by molar-refractivity contribution is 0.411. The first-order chi connectivity index (χ1) is 3.80. The van der Waals surface area contributed by atoms with Crippen LogP contribution in [0.4, 0.5) is 4.39 Å². The third-order valence-electron chi connectivity index (χ3n) is 0.685. The molecule has 1 N–H and O–H groups in total. The highest BCUT2D eigenvalue weighted by molar-refractivity contribution is 5.09. The maximum Gasteiger partial charge on any atom is 0.247 e. The molecule has 41 valence electrons. The Kier molecular flexibility index (Phi) is 1.12.